The largest absolute Gasteiger partial charge is 0.453 e. The van der Waals surface area contributed by atoms with E-state index in [4.69, 9.17) is 4.74 Å². The fraction of sp³-hybridized carbons (Fsp3) is 0.238. The third kappa shape index (κ3) is 5.74. The third-order valence-corrected chi connectivity index (χ3v) is 7.53. The zero-order valence-corrected chi connectivity index (χ0v) is 19.9. The van der Waals surface area contributed by atoms with Crippen LogP contribution in [0.3, 0.4) is 0 Å². The van der Waals surface area contributed by atoms with Gasteiger partial charge < -0.3 is 10.1 Å². The molecule has 31 heavy (non-hydrogen) atoms. The van der Waals surface area contributed by atoms with Gasteiger partial charge in [-0.2, -0.15) is 0 Å². The van der Waals surface area contributed by atoms with Crippen LogP contribution in [0.1, 0.15) is 34.5 Å². The first-order chi connectivity index (χ1) is 14.7. The molecule has 1 aliphatic carbocycles. The molecule has 1 N–H and O–H groups in total. The van der Waals surface area contributed by atoms with Gasteiger partial charge >= 0.3 is 0 Å². The molecule has 10 heteroatoms. The molecule has 0 spiro atoms. The van der Waals surface area contributed by atoms with Gasteiger partial charge in [-0.25, -0.2) is 9.97 Å². The molecule has 3 heterocycles. The molecule has 0 atom stereocenters. The standard InChI is InChI=1S/C21H19N5OS3.ClH/c1-13-11-29-21(23-13)24-19-17(27-15-5-3-2-4-6-15)9-16(10-22-19)28-12-18-25-26-20(30-18)14-7-8-14;/h2-6,9-11,14H,7-8,12H2,1H3,(H,22,23,24);1H. The average molecular weight is 490 g/mol. The number of thioether (sulfide) groups is 1. The lowest BCUT2D eigenvalue weighted by Crippen LogP contribution is -1.97. The molecule has 0 unspecified atom stereocenters. The lowest BCUT2D eigenvalue weighted by atomic mass is 10.3. The molecule has 1 fully saturated rings. The van der Waals surface area contributed by atoms with E-state index in [2.05, 4.69) is 25.5 Å². The minimum atomic E-state index is 0. The minimum absolute atomic E-state index is 0. The number of hydrogen-bond donors (Lipinski definition) is 1. The molecule has 1 saturated carbocycles. The van der Waals surface area contributed by atoms with Gasteiger partial charge in [-0.1, -0.05) is 18.2 Å². The highest BCUT2D eigenvalue weighted by Gasteiger charge is 2.27. The maximum Gasteiger partial charge on any atom is 0.188 e. The first-order valence-electron chi connectivity index (χ1n) is 9.60. The number of hydrogen-bond acceptors (Lipinski definition) is 9. The van der Waals surface area contributed by atoms with Crippen LogP contribution in [0.4, 0.5) is 10.9 Å². The van der Waals surface area contributed by atoms with Gasteiger partial charge in [0.1, 0.15) is 15.8 Å². The van der Waals surface area contributed by atoms with Crippen molar-refractivity contribution in [2.75, 3.05) is 5.32 Å². The number of nitrogens with one attached hydrogen (secondary N) is 1. The fourth-order valence-corrected chi connectivity index (χ4v) is 5.34. The van der Waals surface area contributed by atoms with Crippen molar-refractivity contribution in [2.24, 2.45) is 0 Å². The van der Waals surface area contributed by atoms with Gasteiger partial charge in [-0.05, 0) is 38.0 Å². The molecule has 3 aromatic heterocycles. The Balaban J connectivity index is 0.00000231. The van der Waals surface area contributed by atoms with E-state index in [1.165, 1.54) is 17.8 Å². The summed E-state index contributed by atoms with van der Waals surface area (Å²) in [6.07, 6.45) is 4.35. The second-order valence-corrected chi connectivity index (χ2v) is 9.95. The summed E-state index contributed by atoms with van der Waals surface area (Å²) < 4.78 is 6.14. The third-order valence-electron chi connectivity index (χ3n) is 4.41. The Kier molecular flexibility index (Phi) is 7.06. The Hall–Kier alpha value is -2.20. The van der Waals surface area contributed by atoms with E-state index < -0.39 is 0 Å². The molecule has 0 saturated heterocycles. The summed E-state index contributed by atoms with van der Waals surface area (Å²) in [6, 6.07) is 11.7. The summed E-state index contributed by atoms with van der Waals surface area (Å²) in [5, 5.41) is 17.0. The van der Waals surface area contributed by atoms with E-state index in [9.17, 15) is 0 Å². The van der Waals surface area contributed by atoms with Crippen molar-refractivity contribution >= 4 is 57.8 Å². The van der Waals surface area contributed by atoms with Gasteiger partial charge in [0.25, 0.3) is 0 Å². The number of ether oxygens (including phenoxy) is 1. The number of para-hydroxylation sites is 1. The van der Waals surface area contributed by atoms with Crippen molar-refractivity contribution in [2.45, 2.75) is 36.3 Å². The number of nitrogens with zero attached hydrogens (tertiary/aromatic N) is 4. The van der Waals surface area contributed by atoms with Crippen LogP contribution in [0.25, 0.3) is 0 Å². The number of anilines is 2. The number of thiazole rings is 1. The van der Waals surface area contributed by atoms with Crippen LogP contribution in [-0.4, -0.2) is 20.2 Å². The molecule has 0 aliphatic heterocycles. The first kappa shape index (κ1) is 22.0. The van der Waals surface area contributed by atoms with Crippen molar-refractivity contribution in [1.82, 2.24) is 20.2 Å². The molecule has 5 rings (SSSR count). The average Bonchev–Trinajstić information content (AvgIpc) is 3.36. The zero-order chi connectivity index (χ0) is 20.3. The smallest absolute Gasteiger partial charge is 0.188 e. The number of pyridine rings is 1. The van der Waals surface area contributed by atoms with Crippen LogP contribution in [0.2, 0.25) is 0 Å². The molecule has 6 nitrogen and oxygen atoms in total. The van der Waals surface area contributed by atoms with Gasteiger partial charge in [0.05, 0.1) is 11.4 Å². The summed E-state index contributed by atoms with van der Waals surface area (Å²) >= 11 is 4.95. The molecule has 0 amide bonds. The van der Waals surface area contributed by atoms with Crippen molar-refractivity contribution in [3.63, 3.8) is 0 Å². The predicted molar refractivity (Wildman–Crippen MR) is 130 cm³/mol. The monoisotopic (exact) mass is 489 g/mol. The van der Waals surface area contributed by atoms with Gasteiger partial charge in [0, 0.05) is 22.4 Å². The molecule has 4 aromatic rings. The molecule has 0 radical (unpaired) electrons. The summed E-state index contributed by atoms with van der Waals surface area (Å²) in [7, 11) is 0. The van der Waals surface area contributed by atoms with Crippen molar-refractivity contribution in [3.8, 4) is 11.5 Å². The SMILES string of the molecule is Cc1csc(Nc2ncc(SCc3nnc(C4CC4)s3)cc2Oc2ccccc2)n1.Cl. The Morgan fingerprint density at radius 3 is 2.77 bits per heavy atom. The number of halogens is 1. The van der Waals surface area contributed by atoms with E-state index in [0.29, 0.717) is 17.5 Å². The van der Waals surface area contributed by atoms with E-state index in [-0.39, 0.29) is 12.4 Å². The maximum atomic E-state index is 6.14. The number of rotatable bonds is 8. The fourth-order valence-electron chi connectivity index (χ4n) is 2.77. The lowest BCUT2D eigenvalue weighted by Gasteiger charge is -2.12. The normalized spacial score (nSPS) is 12.9. The van der Waals surface area contributed by atoms with Crippen LogP contribution in [0, 0.1) is 6.92 Å². The maximum absolute atomic E-state index is 6.14. The summed E-state index contributed by atoms with van der Waals surface area (Å²) in [6.45, 7) is 1.97. The van der Waals surface area contributed by atoms with Crippen LogP contribution in [-0.2, 0) is 5.75 Å². The highest BCUT2D eigenvalue weighted by atomic mass is 35.5. The Labute approximate surface area is 198 Å². The summed E-state index contributed by atoms with van der Waals surface area (Å²) in [5.41, 5.74) is 0.975. The van der Waals surface area contributed by atoms with Crippen molar-refractivity contribution in [3.05, 3.63) is 63.7 Å². The van der Waals surface area contributed by atoms with Crippen molar-refractivity contribution < 1.29 is 4.74 Å². The quantitative estimate of drug-likeness (QED) is 0.272. The Morgan fingerprint density at radius 1 is 1.19 bits per heavy atom. The minimum Gasteiger partial charge on any atom is -0.453 e. The van der Waals surface area contributed by atoms with Gasteiger partial charge in [-0.15, -0.1) is 57.0 Å². The van der Waals surface area contributed by atoms with E-state index in [1.54, 1.807) is 34.4 Å². The second kappa shape index (κ2) is 9.95. The molecular weight excluding hydrogens is 470 g/mol. The van der Waals surface area contributed by atoms with E-state index in [0.717, 1.165) is 32.2 Å². The Bertz CT molecular complexity index is 1150. The van der Waals surface area contributed by atoms with Crippen molar-refractivity contribution in [1.29, 1.82) is 0 Å². The van der Waals surface area contributed by atoms with Gasteiger partial charge in [0.15, 0.2) is 16.7 Å². The van der Waals surface area contributed by atoms with Crippen LogP contribution in [0.5, 0.6) is 11.5 Å². The second-order valence-electron chi connectivity index (χ2n) is 6.95. The van der Waals surface area contributed by atoms with E-state index in [1.807, 2.05) is 54.9 Å². The molecule has 160 valence electrons. The molecular formula is C21H20ClN5OS3. The first-order valence-corrected chi connectivity index (χ1v) is 12.3. The molecule has 1 aliphatic rings. The number of aryl methyl sites for hydroxylation is 1. The predicted octanol–water partition coefficient (Wildman–Crippen LogP) is 6.83. The van der Waals surface area contributed by atoms with Gasteiger partial charge in [0.2, 0.25) is 0 Å². The van der Waals surface area contributed by atoms with Gasteiger partial charge in [-0.3, -0.25) is 0 Å². The lowest BCUT2D eigenvalue weighted by molar-refractivity contribution is 0.481. The zero-order valence-electron chi connectivity index (χ0n) is 16.6. The molecule has 0 bridgehead atoms. The molecule has 1 aromatic carbocycles. The summed E-state index contributed by atoms with van der Waals surface area (Å²) in [5.74, 6) is 3.49. The van der Waals surface area contributed by atoms with Crippen LogP contribution < -0.4 is 10.1 Å². The van der Waals surface area contributed by atoms with Crippen LogP contribution in [0.15, 0.2) is 52.9 Å². The number of benzene rings is 1. The highest BCUT2D eigenvalue weighted by Crippen LogP contribution is 2.42. The van der Waals surface area contributed by atoms with E-state index >= 15 is 0 Å². The Morgan fingerprint density at radius 2 is 2.03 bits per heavy atom. The topological polar surface area (TPSA) is 72.8 Å². The highest BCUT2D eigenvalue weighted by molar-refractivity contribution is 7.98. The number of aromatic nitrogens is 4. The van der Waals surface area contributed by atoms with Crippen LogP contribution >= 0.6 is 46.8 Å². The summed E-state index contributed by atoms with van der Waals surface area (Å²) in [4.78, 5) is 10.1.